The highest BCUT2D eigenvalue weighted by atomic mass is 16.7. The van der Waals surface area contributed by atoms with E-state index in [1.165, 1.54) is 0 Å². The van der Waals surface area contributed by atoms with Gasteiger partial charge >= 0.3 is 0 Å². The number of rotatable bonds is 7. The second-order valence-corrected chi connectivity index (χ2v) is 5.54. The summed E-state index contributed by atoms with van der Waals surface area (Å²) in [5.41, 5.74) is 3.83. The minimum atomic E-state index is -0.280. The van der Waals surface area contributed by atoms with E-state index in [0.717, 1.165) is 24.2 Å². The van der Waals surface area contributed by atoms with Crippen LogP contribution in [0, 0.1) is 0 Å². The minimum absolute atomic E-state index is 0.227. The smallest absolute Gasteiger partial charge is 0.271 e. The van der Waals surface area contributed by atoms with Gasteiger partial charge in [0.1, 0.15) is 5.75 Å². The second-order valence-electron chi connectivity index (χ2n) is 5.54. The van der Waals surface area contributed by atoms with E-state index < -0.39 is 0 Å². The van der Waals surface area contributed by atoms with Gasteiger partial charge in [-0.25, -0.2) is 5.43 Å². The Labute approximate surface area is 146 Å². The van der Waals surface area contributed by atoms with Gasteiger partial charge < -0.3 is 14.2 Å². The van der Waals surface area contributed by atoms with E-state index in [9.17, 15) is 4.79 Å². The van der Waals surface area contributed by atoms with Crippen LogP contribution < -0.4 is 19.6 Å². The first-order chi connectivity index (χ1) is 12.3. The molecule has 0 atom stereocenters. The van der Waals surface area contributed by atoms with Crippen LogP contribution in [0.25, 0.3) is 0 Å². The number of hydrogen-bond acceptors (Lipinski definition) is 5. The number of nitrogens with one attached hydrogen (secondary N) is 1. The quantitative estimate of drug-likeness (QED) is 0.477. The molecule has 0 aliphatic carbocycles. The highest BCUT2D eigenvalue weighted by Crippen LogP contribution is 2.31. The third-order valence-electron chi connectivity index (χ3n) is 3.66. The molecule has 0 saturated carbocycles. The van der Waals surface area contributed by atoms with Crippen LogP contribution in [0.15, 0.2) is 47.6 Å². The topological polar surface area (TPSA) is 69.2 Å². The van der Waals surface area contributed by atoms with Crippen molar-refractivity contribution < 1.29 is 19.0 Å². The molecule has 1 aliphatic rings. The number of nitrogens with zero attached hydrogens (tertiary/aromatic N) is 1. The Morgan fingerprint density at radius 1 is 1.20 bits per heavy atom. The lowest BCUT2D eigenvalue weighted by Gasteiger charge is -2.06. The zero-order valence-corrected chi connectivity index (χ0v) is 14.0. The normalized spacial score (nSPS) is 12.4. The Balaban J connectivity index is 1.53. The van der Waals surface area contributed by atoms with Gasteiger partial charge in [-0.15, -0.1) is 0 Å². The molecule has 6 heteroatoms. The van der Waals surface area contributed by atoms with Crippen molar-refractivity contribution in [3.8, 4) is 17.2 Å². The monoisotopic (exact) mass is 340 g/mol. The summed E-state index contributed by atoms with van der Waals surface area (Å²) in [5.74, 6) is 1.86. The molecule has 0 bridgehead atoms. The maximum atomic E-state index is 12.1. The van der Waals surface area contributed by atoms with Crippen LogP contribution in [-0.2, 0) is 0 Å². The van der Waals surface area contributed by atoms with E-state index in [0.29, 0.717) is 23.7 Å². The van der Waals surface area contributed by atoms with E-state index >= 15 is 0 Å². The van der Waals surface area contributed by atoms with Crippen LogP contribution >= 0.6 is 0 Å². The molecule has 0 fully saturated rings. The van der Waals surface area contributed by atoms with Crippen LogP contribution in [-0.4, -0.2) is 25.5 Å². The molecule has 2 aromatic rings. The van der Waals surface area contributed by atoms with Gasteiger partial charge in [-0.05, 0) is 54.4 Å². The third-order valence-corrected chi connectivity index (χ3v) is 3.66. The zero-order chi connectivity index (χ0) is 17.5. The largest absolute Gasteiger partial charge is 0.494 e. The average molecular weight is 340 g/mol. The molecule has 3 rings (SSSR count). The fourth-order valence-corrected chi connectivity index (χ4v) is 2.26. The number of benzene rings is 2. The van der Waals surface area contributed by atoms with Crippen LogP contribution in [0.4, 0.5) is 0 Å². The predicted molar refractivity (Wildman–Crippen MR) is 94.5 cm³/mol. The van der Waals surface area contributed by atoms with Gasteiger partial charge in [-0.2, -0.15) is 5.10 Å². The first kappa shape index (κ1) is 16.8. The molecule has 0 radical (unpaired) electrons. The molecule has 25 heavy (non-hydrogen) atoms. The van der Waals surface area contributed by atoms with Gasteiger partial charge in [0, 0.05) is 5.56 Å². The standard InChI is InChI=1S/C19H20N2O4/c1-2-3-10-23-16-7-5-15(6-8-16)19(22)21-20-12-14-4-9-17-18(11-14)25-13-24-17/h4-9,11-12H,2-3,10,13H2,1H3,(H,21,22)/b20-12-. The predicted octanol–water partition coefficient (Wildman–Crippen LogP) is 3.36. The summed E-state index contributed by atoms with van der Waals surface area (Å²) in [6.45, 7) is 3.02. The molecule has 0 spiro atoms. The lowest BCUT2D eigenvalue weighted by molar-refractivity contribution is 0.0955. The Bertz CT molecular complexity index is 757. The van der Waals surface area contributed by atoms with Crippen molar-refractivity contribution in [1.82, 2.24) is 5.43 Å². The van der Waals surface area contributed by atoms with Gasteiger partial charge in [-0.1, -0.05) is 13.3 Å². The summed E-state index contributed by atoms with van der Waals surface area (Å²) in [7, 11) is 0. The number of carbonyl (C=O) groups is 1. The lowest BCUT2D eigenvalue weighted by Crippen LogP contribution is -2.17. The van der Waals surface area contributed by atoms with Crippen molar-refractivity contribution in [3.63, 3.8) is 0 Å². The Morgan fingerprint density at radius 3 is 2.80 bits per heavy atom. The van der Waals surface area contributed by atoms with E-state index in [-0.39, 0.29) is 12.7 Å². The van der Waals surface area contributed by atoms with Crippen LogP contribution in [0.3, 0.4) is 0 Å². The van der Waals surface area contributed by atoms with Crippen molar-refractivity contribution in [3.05, 3.63) is 53.6 Å². The summed E-state index contributed by atoms with van der Waals surface area (Å²) < 4.78 is 16.1. The summed E-state index contributed by atoms with van der Waals surface area (Å²) >= 11 is 0. The Kier molecular flexibility index (Phi) is 5.51. The number of carbonyl (C=O) groups excluding carboxylic acids is 1. The Hall–Kier alpha value is -3.02. The van der Waals surface area contributed by atoms with Gasteiger partial charge in [-0.3, -0.25) is 4.79 Å². The molecular weight excluding hydrogens is 320 g/mol. The number of ether oxygens (including phenoxy) is 3. The fourth-order valence-electron chi connectivity index (χ4n) is 2.26. The van der Waals surface area contributed by atoms with Crippen molar-refractivity contribution in [1.29, 1.82) is 0 Å². The van der Waals surface area contributed by atoms with Crippen LogP contribution in [0.2, 0.25) is 0 Å². The molecule has 130 valence electrons. The SMILES string of the molecule is CCCCOc1ccc(C(=O)N/N=C\c2ccc3c(c2)OCO3)cc1. The maximum Gasteiger partial charge on any atom is 0.271 e. The molecule has 1 N–H and O–H groups in total. The molecular formula is C19H20N2O4. The Morgan fingerprint density at radius 2 is 2.00 bits per heavy atom. The highest BCUT2D eigenvalue weighted by molar-refractivity contribution is 5.95. The van der Waals surface area contributed by atoms with Crippen molar-refractivity contribution >= 4 is 12.1 Å². The molecule has 2 aromatic carbocycles. The van der Waals surface area contributed by atoms with Crippen LogP contribution in [0.1, 0.15) is 35.7 Å². The maximum absolute atomic E-state index is 12.1. The molecule has 0 aromatic heterocycles. The van der Waals surface area contributed by atoms with Gasteiger partial charge in [0.15, 0.2) is 11.5 Å². The van der Waals surface area contributed by atoms with Gasteiger partial charge in [0.25, 0.3) is 5.91 Å². The number of fused-ring (bicyclic) bond motifs is 1. The van der Waals surface area contributed by atoms with Crippen LogP contribution in [0.5, 0.6) is 17.2 Å². The number of amides is 1. The van der Waals surface area contributed by atoms with Crippen molar-refractivity contribution in [2.24, 2.45) is 5.10 Å². The minimum Gasteiger partial charge on any atom is -0.494 e. The number of hydrogen-bond donors (Lipinski definition) is 1. The number of hydrazone groups is 1. The third kappa shape index (κ3) is 4.50. The fraction of sp³-hybridized carbons (Fsp3) is 0.263. The van der Waals surface area contributed by atoms with E-state index in [1.54, 1.807) is 36.5 Å². The molecule has 6 nitrogen and oxygen atoms in total. The summed E-state index contributed by atoms with van der Waals surface area (Å²) in [4.78, 5) is 12.1. The molecule has 0 saturated heterocycles. The van der Waals surface area contributed by atoms with Gasteiger partial charge in [0.05, 0.1) is 12.8 Å². The molecule has 0 unspecified atom stereocenters. The summed E-state index contributed by atoms with van der Waals surface area (Å²) in [6.07, 6.45) is 3.65. The van der Waals surface area contributed by atoms with Crippen molar-refractivity contribution in [2.75, 3.05) is 13.4 Å². The second kappa shape index (κ2) is 8.19. The van der Waals surface area contributed by atoms with Crippen molar-refractivity contribution in [2.45, 2.75) is 19.8 Å². The highest BCUT2D eigenvalue weighted by Gasteiger charge is 2.12. The molecule has 1 amide bonds. The van der Waals surface area contributed by atoms with E-state index in [2.05, 4.69) is 17.5 Å². The van der Waals surface area contributed by atoms with Gasteiger partial charge in [0.2, 0.25) is 6.79 Å². The lowest BCUT2D eigenvalue weighted by atomic mass is 10.2. The summed E-state index contributed by atoms with van der Waals surface area (Å²) in [5, 5.41) is 3.97. The first-order valence-corrected chi connectivity index (χ1v) is 8.22. The molecule has 1 heterocycles. The zero-order valence-electron chi connectivity index (χ0n) is 14.0. The van der Waals surface area contributed by atoms with E-state index in [4.69, 9.17) is 14.2 Å². The van der Waals surface area contributed by atoms with E-state index in [1.807, 2.05) is 12.1 Å². The first-order valence-electron chi connectivity index (χ1n) is 8.22. The number of unbranched alkanes of at least 4 members (excludes halogenated alkanes) is 1. The average Bonchev–Trinajstić information content (AvgIpc) is 3.10. The molecule has 1 aliphatic heterocycles. The summed E-state index contributed by atoms with van der Waals surface area (Å²) in [6, 6.07) is 12.5.